The van der Waals surface area contributed by atoms with E-state index in [1.54, 1.807) is 14.2 Å². The van der Waals surface area contributed by atoms with Crippen molar-refractivity contribution in [3.05, 3.63) is 76.9 Å². The topological polar surface area (TPSA) is 38.7 Å². The summed E-state index contributed by atoms with van der Waals surface area (Å²) in [6.07, 6.45) is 3.31. The van der Waals surface area contributed by atoms with Crippen LogP contribution < -0.4 is 9.47 Å². The second-order valence-corrected chi connectivity index (χ2v) is 13.6. The molecule has 2 aliphatic rings. The van der Waals surface area contributed by atoms with Gasteiger partial charge in [0.2, 0.25) is 0 Å². The first-order valence-corrected chi connectivity index (χ1v) is 14.0. The number of aromatic hydroxyl groups is 1. The fraction of sp³-hybridized carbons (Fsp3) is 0.389. The maximum Gasteiger partial charge on any atom is 0.127 e. The van der Waals surface area contributed by atoms with E-state index in [-0.39, 0.29) is 16.2 Å². The largest absolute Gasteiger partial charge is 0.507 e. The molecule has 0 heterocycles. The van der Waals surface area contributed by atoms with E-state index in [0.29, 0.717) is 5.75 Å². The quantitative estimate of drug-likeness (QED) is 0.292. The average molecular weight is 521 g/mol. The fourth-order valence-corrected chi connectivity index (χ4v) is 8.41. The van der Waals surface area contributed by atoms with Gasteiger partial charge in [-0.05, 0) is 101 Å². The Bertz CT molecular complexity index is 1620. The van der Waals surface area contributed by atoms with Crippen molar-refractivity contribution in [1.29, 1.82) is 0 Å². The SMILES string of the molecule is COc1cc(C)ccc1-c1cc2c3c(cc(O)c2cc1OC)C1(CC(C)(C)CC(C)(C)C1)c1cc(C)ccc1-3. The number of hydrogen-bond donors (Lipinski definition) is 1. The molecular formula is C36H40O3. The van der Waals surface area contributed by atoms with E-state index in [0.717, 1.165) is 51.8 Å². The number of hydrogen-bond acceptors (Lipinski definition) is 3. The fourth-order valence-electron chi connectivity index (χ4n) is 8.41. The number of phenolic OH excluding ortho intramolecular Hbond substituents is 1. The van der Waals surface area contributed by atoms with Crippen LogP contribution in [0, 0.1) is 24.7 Å². The Morgan fingerprint density at radius 3 is 1.85 bits per heavy atom. The molecule has 0 aliphatic heterocycles. The van der Waals surface area contributed by atoms with E-state index in [4.69, 9.17) is 9.47 Å². The summed E-state index contributed by atoms with van der Waals surface area (Å²) in [7, 11) is 3.40. The van der Waals surface area contributed by atoms with Crippen LogP contribution in [0.15, 0.2) is 54.6 Å². The highest BCUT2D eigenvalue weighted by Crippen LogP contribution is 2.65. The second kappa shape index (κ2) is 8.52. The van der Waals surface area contributed by atoms with Crippen LogP contribution in [0.4, 0.5) is 0 Å². The van der Waals surface area contributed by atoms with Crippen LogP contribution in [0.25, 0.3) is 33.0 Å². The number of phenols is 1. The van der Waals surface area contributed by atoms with Crippen LogP contribution in [0.5, 0.6) is 17.2 Å². The van der Waals surface area contributed by atoms with E-state index in [2.05, 4.69) is 90.1 Å². The van der Waals surface area contributed by atoms with E-state index in [9.17, 15) is 5.11 Å². The van der Waals surface area contributed by atoms with Crippen LogP contribution in [0.2, 0.25) is 0 Å². The van der Waals surface area contributed by atoms with Gasteiger partial charge in [-0.15, -0.1) is 0 Å². The first-order valence-electron chi connectivity index (χ1n) is 14.0. The van der Waals surface area contributed by atoms with Crippen molar-refractivity contribution >= 4 is 10.8 Å². The number of benzene rings is 4. The molecule has 1 spiro atoms. The third-order valence-electron chi connectivity index (χ3n) is 9.08. The lowest BCUT2D eigenvalue weighted by molar-refractivity contribution is 0.0645. The molecular weight excluding hydrogens is 480 g/mol. The Hall–Kier alpha value is -3.46. The Labute approximate surface area is 232 Å². The molecule has 1 fully saturated rings. The van der Waals surface area contributed by atoms with Gasteiger partial charge in [0.25, 0.3) is 0 Å². The lowest BCUT2D eigenvalue weighted by atomic mass is 9.52. The van der Waals surface area contributed by atoms with Gasteiger partial charge in [0.15, 0.2) is 0 Å². The summed E-state index contributed by atoms with van der Waals surface area (Å²) in [6, 6.07) is 19.5. The molecule has 0 amide bonds. The molecule has 3 nitrogen and oxygen atoms in total. The molecule has 1 saturated carbocycles. The van der Waals surface area contributed by atoms with Gasteiger partial charge in [-0.2, -0.15) is 0 Å². The molecule has 0 aromatic heterocycles. The Morgan fingerprint density at radius 1 is 0.615 bits per heavy atom. The van der Waals surface area contributed by atoms with Crippen LogP contribution in [0.3, 0.4) is 0 Å². The van der Waals surface area contributed by atoms with Crippen molar-refractivity contribution in [3.8, 4) is 39.5 Å². The van der Waals surface area contributed by atoms with Gasteiger partial charge in [0.05, 0.1) is 14.2 Å². The number of aryl methyl sites for hydroxylation is 2. The van der Waals surface area contributed by atoms with Gasteiger partial charge >= 0.3 is 0 Å². The zero-order valence-corrected chi connectivity index (χ0v) is 24.6. The van der Waals surface area contributed by atoms with E-state index in [1.807, 2.05) is 6.07 Å². The Morgan fingerprint density at radius 2 is 1.21 bits per heavy atom. The molecule has 0 unspecified atom stereocenters. The van der Waals surface area contributed by atoms with Crippen molar-refractivity contribution in [3.63, 3.8) is 0 Å². The number of ether oxygens (including phenoxy) is 2. The minimum absolute atomic E-state index is 0.144. The molecule has 4 aromatic carbocycles. The molecule has 0 saturated heterocycles. The molecule has 202 valence electrons. The first kappa shape index (κ1) is 25.8. The summed E-state index contributed by atoms with van der Waals surface area (Å²) >= 11 is 0. The lowest BCUT2D eigenvalue weighted by Crippen LogP contribution is -2.43. The highest BCUT2D eigenvalue weighted by Gasteiger charge is 2.53. The van der Waals surface area contributed by atoms with E-state index in [1.165, 1.54) is 34.2 Å². The van der Waals surface area contributed by atoms with Crippen molar-refractivity contribution in [2.24, 2.45) is 10.8 Å². The summed E-state index contributed by atoms with van der Waals surface area (Å²) < 4.78 is 11.7. The van der Waals surface area contributed by atoms with Gasteiger partial charge in [-0.1, -0.05) is 63.6 Å². The molecule has 1 N–H and O–H groups in total. The predicted molar refractivity (Wildman–Crippen MR) is 161 cm³/mol. The third kappa shape index (κ3) is 3.92. The van der Waals surface area contributed by atoms with Gasteiger partial charge in [-0.25, -0.2) is 0 Å². The third-order valence-corrected chi connectivity index (χ3v) is 9.08. The number of rotatable bonds is 3. The first-order chi connectivity index (χ1) is 18.4. The molecule has 0 atom stereocenters. The summed E-state index contributed by atoms with van der Waals surface area (Å²) in [5.41, 5.74) is 9.80. The highest BCUT2D eigenvalue weighted by molar-refractivity contribution is 6.08. The monoisotopic (exact) mass is 520 g/mol. The van der Waals surface area contributed by atoms with Gasteiger partial charge in [-0.3, -0.25) is 0 Å². The van der Waals surface area contributed by atoms with Crippen LogP contribution in [0.1, 0.15) is 69.2 Å². The van der Waals surface area contributed by atoms with Crippen molar-refractivity contribution in [2.75, 3.05) is 14.2 Å². The summed E-state index contributed by atoms with van der Waals surface area (Å²) in [5, 5.41) is 13.5. The minimum Gasteiger partial charge on any atom is -0.507 e. The Kier molecular flexibility index (Phi) is 5.63. The van der Waals surface area contributed by atoms with E-state index >= 15 is 0 Å². The minimum atomic E-state index is -0.144. The van der Waals surface area contributed by atoms with Crippen LogP contribution in [-0.4, -0.2) is 19.3 Å². The second-order valence-electron chi connectivity index (χ2n) is 13.6. The molecule has 4 aromatic rings. The van der Waals surface area contributed by atoms with Crippen LogP contribution in [-0.2, 0) is 5.41 Å². The molecule has 3 heteroatoms. The average Bonchev–Trinajstić information content (AvgIpc) is 3.09. The number of fused-ring (bicyclic) bond motifs is 7. The van der Waals surface area contributed by atoms with Crippen molar-refractivity contribution in [2.45, 2.75) is 66.2 Å². The molecule has 2 aliphatic carbocycles. The van der Waals surface area contributed by atoms with Crippen molar-refractivity contribution in [1.82, 2.24) is 0 Å². The summed E-state index contributed by atoms with van der Waals surface area (Å²) in [4.78, 5) is 0. The molecule has 39 heavy (non-hydrogen) atoms. The normalized spacial score (nSPS) is 18.2. The zero-order valence-electron chi connectivity index (χ0n) is 24.6. The molecule has 6 rings (SSSR count). The van der Waals surface area contributed by atoms with Crippen molar-refractivity contribution < 1.29 is 14.6 Å². The lowest BCUT2D eigenvalue weighted by Gasteiger charge is -2.51. The molecule has 0 radical (unpaired) electrons. The smallest absolute Gasteiger partial charge is 0.127 e. The summed E-state index contributed by atoms with van der Waals surface area (Å²) in [5.74, 6) is 1.85. The summed E-state index contributed by atoms with van der Waals surface area (Å²) in [6.45, 7) is 13.9. The maximum atomic E-state index is 11.6. The molecule has 0 bridgehead atoms. The highest BCUT2D eigenvalue weighted by atomic mass is 16.5. The van der Waals surface area contributed by atoms with Crippen LogP contribution >= 0.6 is 0 Å². The maximum absolute atomic E-state index is 11.6. The predicted octanol–water partition coefficient (Wildman–Crippen LogP) is 9.35. The van der Waals surface area contributed by atoms with Gasteiger partial charge in [0.1, 0.15) is 17.2 Å². The van der Waals surface area contributed by atoms with Gasteiger partial charge in [0, 0.05) is 21.9 Å². The zero-order chi connectivity index (χ0) is 27.9. The number of methoxy groups -OCH3 is 2. The Balaban J connectivity index is 1.73. The standard InChI is InChI=1S/C36H40O3/c1-21-10-12-24-28(13-21)36(19-34(3,4)18-35(5,6)20-36)29-17-30(37)25-16-32(39-8)26(15-27(25)33(24)29)23-11-9-22(2)14-31(23)38-7/h9-17,37H,18-20H2,1-8H3. The van der Waals surface area contributed by atoms with Gasteiger partial charge < -0.3 is 14.6 Å². The van der Waals surface area contributed by atoms with E-state index < -0.39 is 0 Å².